The summed E-state index contributed by atoms with van der Waals surface area (Å²) in [5, 5.41) is 0. The number of hydrogen-bond acceptors (Lipinski definition) is 3. The lowest BCUT2D eigenvalue weighted by atomic mass is 10.0. The maximum absolute atomic E-state index is 11.6. The number of ether oxygens (including phenoxy) is 2. The van der Waals surface area contributed by atoms with Crippen molar-refractivity contribution in [2.75, 3.05) is 6.61 Å². The smallest absolute Gasteiger partial charge is 0.412 e. The van der Waals surface area contributed by atoms with Crippen molar-refractivity contribution in [3.05, 3.63) is 0 Å². The predicted molar refractivity (Wildman–Crippen MR) is 50.8 cm³/mol. The summed E-state index contributed by atoms with van der Waals surface area (Å²) in [6, 6.07) is 0.0949. The third-order valence-corrected chi connectivity index (χ3v) is 2.99. The molecule has 4 heteroatoms. The minimum atomic E-state index is -0.509. The number of hydrogen-bond donors (Lipinski definition) is 0. The number of amides is 1. The van der Waals surface area contributed by atoms with Crippen molar-refractivity contribution >= 4 is 6.09 Å². The Morgan fingerprint density at radius 1 is 1.50 bits per heavy atom. The topological polar surface area (TPSA) is 38.8 Å². The summed E-state index contributed by atoms with van der Waals surface area (Å²) in [5.74, 6) is 0.339. The highest BCUT2D eigenvalue weighted by Crippen LogP contribution is 2.37. The highest BCUT2D eigenvalue weighted by Gasteiger charge is 2.54. The van der Waals surface area contributed by atoms with Crippen LogP contribution < -0.4 is 0 Å². The quantitative estimate of drug-likeness (QED) is 0.643. The van der Waals surface area contributed by atoms with E-state index in [9.17, 15) is 4.79 Å². The maximum atomic E-state index is 11.6. The summed E-state index contributed by atoms with van der Waals surface area (Å²) < 4.78 is 10.9. The maximum Gasteiger partial charge on any atom is 0.412 e. The molecule has 2 rings (SSSR count). The van der Waals surface area contributed by atoms with Crippen LogP contribution in [-0.2, 0) is 9.47 Å². The lowest BCUT2D eigenvalue weighted by molar-refractivity contribution is -0.0397. The van der Waals surface area contributed by atoms with E-state index in [1.54, 1.807) is 4.90 Å². The van der Waals surface area contributed by atoms with E-state index in [0.717, 1.165) is 0 Å². The molecular formula is C10H17NO3. The van der Waals surface area contributed by atoms with Gasteiger partial charge in [-0.3, -0.25) is 4.90 Å². The molecule has 80 valence electrons. The van der Waals surface area contributed by atoms with Crippen LogP contribution in [-0.4, -0.2) is 35.5 Å². The Morgan fingerprint density at radius 3 is 2.71 bits per heavy atom. The molecule has 0 saturated carbocycles. The Bertz CT molecular complexity index is 262. The fraction of sp³-hybridized carbons (Fsp3) is 0.900. The molecular weight excluding hydrogens is 182 g/mol. The van der Waals surface area contributed by atoms with E-state index in [1.807, 2.05) is 13.8 Å². The van der Waals surface area contributed by atoms with Crippen molar-refractivity contribution in [1.29, 1.82) is 0 Å². The van der Waals surface area contributed by atoms with Crippen LogP contribution in [0.5, 0.6) is 0 Å². The molecule has 0 aromatic heterocycles. The number of carbonyl (C=O) groups excluding carboxylic acids is 1. The average Bonchev–Trinajstić information content (AvgIpc) is 2.53. The van der Waals surface area contributed by atoms with Crippen molar-refractivity contribution in [1.82, 2.24) is 4.90 Å². The average molecular weight is 199 g/mol. The Morgan fingerprint density at radius 2 is 2.14 bits per heavy atom. The number of rotatable bonds is 1. The van der Waals surface area contributed by atoms with Gasteiger partial charge in [0.1, 0.15) is 11.8 Å². The van der Waals surface area contributed by atoms with E-state index < -0.39 is 5.72 Å². The second kappa shape index (κ2) is 2.86. The molecule has 0 aromatic carbocycles. The van der Waals surface area contributed by atoms with Crippen molar-refractivity contribution < 1.29 is 14.3 Å². The molecule has 0 aliphatic carbocycles. The lowest BCUT2D eigenvalue weighted by Crippen LogP contribution is -2.44. The van der Waals surface area contributed by atoms with E-state index in [2.05, 4.69) is 13.8 Å². The SMILES string of the molecule is CC(C)[C@@H]1OC(=O)N2[C@@H]1COC2(C)C. The van der Waals surface area contributed by atoms with Gasteiger partial charge in [-0.15, -0.1) is 0 Å². The van der Waals surface area contributed by atoms with Crippen LogP contribution in [0.4, 0.5) is 4.79 Å². The summed E-state index contributed by atoms with van der Waals surface area (Å²) in [6.07, 6.45) is -0.263. The highest BCUT2D eigenvalue weighted by molar-refractivity contribution is 5.72. The van der Waals surface area contributed by atoms with Crippen molar-refractivity contribution in [2.24, 2.45) is 5.92 Å². The Balaban J connectivity index is 2.24. The molecule has 0 aromatic rings. The Kier molecular flexibility index (Phi) is 2.00. The van der Waals surface area contributed by atoms with Gasteiger partial charge in [0, 0.05) is 0 Å². The lowest BCUT2D eigenvalue weighted by Gasteiger charge is -2.26. The number of cyclic esters (lactones) is 1. The highest BCUT2D eigenvalue weighted by atomic mass is 16.6. The zero-order valence-electron chi connectivity index (χ0n) is 9.11. The Labute approximate surface area is 84.2 Å². The molecule has 14 heavy (non-hydrogen) atoms. The molecule has 2 atom stereocenters. The first-order chi connectivity index (χ1) is 6.43. The number of nitrogens with zero attached hydrogens (tertiary/aromatic N) is 1. The van der Waals surface area contributed by atoms with Crippen LogP contribution in [0.1, 0.15) is 27.7 Å². The van der Waals surface area contributed by atoms with Gasteiger partial charge in [-0.1, -0.05) is 13.8 Å². The molecule has 2 heterocycles. The third-order valence-electron chi connectivity index (χ3n) is 2.99. The summed E-state index contributed by atoms with van der Waals surface area (Å²) in [7, 11) is 0. The first-order valence-corrected chi connectivity index (χ1v) is 5.07. The van der Waals surface area contributed by atoms with Crippen LogP contribution in [0.15, 0.2) is 0 Å². The standard InChI is InChI=1S/C10H17NO3/c1-6(2)8-7-5-13-10(3,4)11(7)9(12)14-8/h6-8H,5H2,1-4H3/t7-,8+/m1/s1. The summed E-state index contributed by atoms with van der Waals surface area (Å²) in [5.41, 5.74) is -0.509. The summed E-state index contributed by atoms with van der Waals surface area (Å²) in [4.78, 5) is 13.3. The molecule has 4 nitrogen and oxygen atoms in total. The predicted octanol–water partition coefficient (Wildman–Crippen LogP) is 1.60. The van der Waals surface area contributed by atoms with Crippen LogP contribution in [0, 0.1) is 5.92 Å². The van der Waals surface area contributed by atoms with Gasteiger partial charge in [-0.05, 0) is 19.8 Å². The van der Waals surface area contributed by atoms with Crippen molar-refractivity contribution in [2.45, 2.75) is 45.6 Å². The first kappa shape index (κ1) is 9.77. The first-order valence-electron chi connectivity index (χ1n) is 5.07. The molecule has 0 radical (unpaired) electrons. The zero-order valence-corrected chi connectivity index (χ0v) is 9.11. The van der Waals surface area contributed by atoms with Crippen LogP contribution in [0.2, 0.25) is 0 Å². The normalized spacial score (nSPS) is 34.9. The zero-order chi connectivity index (χ0) is 10.5. The van der Waals surface area contributed by atoms with E-state index in [4.69, 9.17) is 9.47 Å². The second-order valence-electron chi connectivity index (χ2n) is 4.79. The fourth-order valence-corrected chi connectivity index (χ4v) is 2.26. The van der Waals surface area contributed by atoms with Gasteiger partial charge in [-0.25, -0.2) is 4.79 Å². The largest absolute Gasteiger partial charge is 0.443 e. The molecule has 2 aliphatic rings. The van der Waals surface area contributed by atoms with Crippen LogP contribution >= 0.6 is 0 Å². The number of carbonyl (C=O) groups is 1. The molecule has 0 unspecified atom stereocenters. The van der Waals surface area contributed by atoms with Gasteiger partial charge in [-0.2, -0.15) is 0 Å². The monoisotopic (exact) mass is 199 g/mol. The van der Waals surface area contributed by atoms with Crippen molar-refractivity contribution in [3.8, 4) is 0 Å². The van der Waals surface area contributed by atoms with Gasteiger partial charge in [0.15, 0.2) is 0 Å². The van der Waals surface area contributed by atoms with Gasteiger partial charge in [0.25, 0.3) is 0 Å². The molecule has 2 aliphatic heterocycles. The van der Waals surface area contributed by atoms with Gasteiger partial charge in [0.2, 0.25) is 0 Å². The van der Waals surface area contributed by atoms with Crippen molar-refractivity contribution in [3.63, 3.8) is 0 Å². The fourth-order valence-electron chi connectivity index (χ4n) is 2.26. The van der Waals surface area contributed by atoms with Gasteiger partial charge in [0.05, 0.1) is 12.6 Å². The Hall–Kier alpha value is -0.770. The molecule has 2 fully saturated rings. The van der Waals surface area contributed by atoms with E-state index in [1.165, 1.54) is 0 Å². The van der Waals surface area contributed by atoms with E-state index >= 15 is 0 Å². The van der Waals surface area contributed by atoms with E-state index in [-0.39, 0.29) is 18.2 Å². The summed E-state index contributed by atoms with van der Waals surface area (Å²) >= 11 is 0. The van der Waals surface area contributed by atoms with Gasteiger partial charge < -0.3 is 9.47 Å². The van der Waals surface area contributed by atoms with Crippen LogP contribution in [0.25, 0.3) is 0 Å². The molecule has 0 bridgehead atoms. The summed E-state index contributed by atoms with van der Waals surface area (Å²) in [6.45, 7) is 8.51. The van der Waals surface area contributed by atoms with Gasteiger partial charge >= 0.3 is 6.09 Å². The molecule has 1 amide bonds. The van der Waals surface area contributed by atoms with Crippen LogP contribution in [0.3, 0.4) is 0 Å². The number of fused-ring (bicyclic) bond motifs is 1. The second-order valence-corrected chi connectivity index (χ2v) is 4.79. The minimum Gasteiger partial charge on any atom is -0.443 e. The third kappa shape index (κ3) is 1.21. The molecule has 0 spiro atoms. The molecule has 0 N–H and O–H groups in total. The van der Waals surface area contributed by atoms with E-state index in [0.29, 0.717) is 12.5 Å². The molecule has 2 saturated heterocycles. The minimum absolute atomic E-state index is 0.0238.